The maximum Gasteiger partial charge on any atom is 0.200 e. The molecule has 0 bridgehead atoms. The minimum atomic E-state index is 0.687. The van der Waals surface area contributed by atoms with Crippen LogP contribution in [0.2, 0.25) is 0 Å². The first-order valence-electron chi connectivity index (χ1n) is 4.96. The van der Waals surface area contributed by atoms with E-state index in [0.29, 0.717) is 9.54 Å². The summed E-state index contributed by atoms with van der Waals surface area (Å²) >= 11 is 10.4. The zero-order chi connectivity index (χ0) is 13.4. The topological polar surface area (TPSA) is 45.5 Å². The number of nitrogens with zero attached hydrogens (tertiary/aromatic N) is 6. The lowest BCUT2D eigenvalue weighted by molar-refractivity contribution is 0.729. The molecule has 18 heavy (non-hydrogen) atoms. The van der Waals surface area contributed by atoms with Crippen molar-refractivity contribution in [1.29, 1.82) is 0 Å². The van der Waals surface area contributed by atoms with Gasteiger partial charge in [-0.2, -0.15) is 0 Å². The molecular weight excluding hydrogens is 308 g/mol. The van der Waals surface area contributed by atoms with Crippen molar-refractivity contribution >= 4 is 46.0 Å². The second-order valence-corrected chi connectivity index (χ2v) is 6.46. The van der Waals surface area contributed by atoms with Gasteiger partial charge in [0.15, 0.2) is 9.54 Å². The average molecular weight is 320 g/mol. The summed E-state index contributed by atoms with van der Waals surface area (Å²) in [5, 5.41) is 10.3. The summed E-state index contributed by atoms with van der Waals surface area (Å²) in [5.74, 6) is 0. The van der Waals surface area contributed by atoms with Crippen molar-refractivity contribution in [2.45, 2.75) is 10.3 Å². The molecule has 0 aliphatic carbocycles. The summed E-state index contributed by atoms with van der Waals surface area (Å²) in [5.41, 5.74) is 0. The van der Waals surface area contributed by atoms with Crippen LogP contribution in [-0.4, -0.2) is 28.7 Å². The summed E-state index contributed by atoms with van der Waals surface area (Å²) in [6.45, 7) is 0. The number of aryl methyl sites for hydroxylation is 2. The second kappa shape index (κ2) is 5.19. The van der Waals surface area contributed by atoms with E-state index in [0.717, 1.165) is 10.3 Å². The molecule has 2 aromatic rings. The molecule has 2 heterocycles. The van der Waals surface area contributed by atoms with Crippen LogP contribution in [0.15, 0.2) is 10.3 Å². The third kappa shape index (κ3) is 2.42. The molecule has 98 valence electrons. The van der Waals surface area contributed by atoms with Gasteiger partial charge in [-0.1, -0.05) is 0 Å². The number of rotatable bonds is 3. The highest BCUT2D eigenvalue weighted by atomic mass is 33.1. The standard InChI is InChI=1S/C8H12N6S4/c1-11-5(9-13(3)7(11)15)17-18-6-10-14(4)8(16)12(6)2/h1-4H3. The largest absolute Gasteiger partial charge is 0.297 e. The molecule has 0 fully saturated rings. The first kappa shape index (κ1) is 13.8. The van der Waals surface area contributed by atoms with Crippen molar-refractivity contribution in [1.82, 2.24) is 28.7 Å². The van der Waals surface area contributed by atoms with E-state index in [1.54, 1.807) is 9.36 Å². The Balaban J connectivity index is 2.21. The van der Waals surface area contributed by atoms with E-state index in [9.17, 15) is 0 Å². The van der Waals surface area contributed by atoms with Gasteiger partial charge in [-0.15, -0.1) is 10.2 Å². The van der Waals surface area contributed by atoms with Gasteiger partial charge < -0.3 is 0 Å². The molecule has 0 spiro atoms. The van der Waals surface area contributed by atoms with Crippen LogP contribution in [0.3, 0.4) is 0 Å². The van der Waals surface area contributed by atoms with Crippen LogP contribution in [-0.2, 0) is 28.2 Å². The molecule has 6 nitrogen and oxygen atoms in total. The van der Waals surface area contributed by atoms with Gasteiger partial charge in [0, 0.05) is 28.2 Å². The highest BCUT2D eigenvalue weighted by molar-refractivity contribution is 8.76. The Hall–Kier alpha value is -0.580. The number of hydrogen-bond donors (Lipinski definition) is 0. The van der Waals surface area contributed by atoms with Crippen molar-refractivity contribution < 1.29 is 0 Å². The average Bonchev–Trinajstić information content (AvgIpc) is 2.72. The maximum atomic E-state index is 5.20. The Morgan fingerprint density at radius 1 is 0.778 bits per heavy atom. The van der Waals surface area contributed by atoms with Gasteiger partial charge >= 0.3 is 0 Å². The fourth-order valence-electron chi connectivity index (χ4n) is 1.29. The Labute approximate surface area is 122 Å². The molecule has 2 aromatic heterocycles. The molecule has 0 aromatic carbocycles. The molecule has 0 N–H and O–H groups in total. The van der Waals surface area contributed by atoms with Gasteiger partial charge in [-0.3, -0.25) is 9.13 Å². The van der Waals surface area contributed by atoms with E-state index in [2.05, 4.69) is 10.2 Å². The van der Waals surface area contributed by atoms with Gasteiger partial charge in [0.1, 0.15) is 0 Å². The van der Waals surface area contributed by atoms with E-state index < -0.39 is 0 Å². The van der Waals surface area contributed by atoms with Crippen molar-refractivity contribution in [2.24, 2.45) is 28.2 Å². The lowest BCUT2D eigenvalue weighted by atomic mass is 11.1. The molecule has 0 saturated heterocycles. The molecule has 2 rings (SSSR count). The first-order chi connectivity index (χ1) is 8.41. The lowest BCUT2D eigenvalue weighted by Crippen LogP contribution is -1.92. The van der Waals surface area contributed by atoms with Crippen molar-refractivity contribution in [3.05, 3.63) is 9.54 Å². The van der Waals surface area contributed by atoms with Crippen LogP contribution in [0, 0.1) is 9.54 Å². The minimum Gasteiger partial charge on any atom is -0.297 e. The van der Waals surface area contributed by atoms with Crippen molar-refractivity contribution in [2.75, 3.05) is 0 Å². The first-order valence-corrected chi connectivity index (χ1v) is 7.93. The third-order valence-electron chi connectivity index (χ3n) is 2.36. The molecular formula is C8H12N6S4. The van der Waals surface area contributed by atoms with Crippen LogP contribution >= 0.6 is 46.0 Å². The normalized spacial score (nSPS) is 11.1. The van der Waals surface area contributed by atoms with E-state index in [4.69, 9.17) is 24.4 Å². The minimum absolute atomic E-state index is 0.687. The van der Waals surface area contributed by atoms with E-state index >= 15 is 0 Å². The van der Waals surface area contributed by atoms with Crippen LogP contribution < -0.4 is 0 Å². The van der Waals surface area contributed by atoms with Gasteiger partial charge in [-0.25, -0.2) is 9.36 Å². The zero-order valence-electron chi connectivity index (χ0n) is 10.3. The summed E-state index contributed by atoms with van der Waals surface area (Å²) in [6.07, 6.45) is 0. The van der Waals surface area contributed by atoms with Gasteiger partial charge in [0.2, 0.25) is 10.3 Å². The van der Waals surface area contributed by atoms with Crippen LogP contribution in [0.4, 0.5) is 0 Å². The van der Waals surface area contributed by atoms with Crippen molar-refractivity contribution in [3.8, 4) is 0 Å². The van der Waals surface area contributed by atoms with Crippen LogP contribution in [0.5, 0.6) is 0 Å². The molecule has 0 radical (unpaired) electrons. The second-order valence-electron chi connectivity index (χ2n) is 3.66. The van der Waals surface area contributed by atoms with Crippen LogP contribution in [0.1, 0.15) is 0 Å². The van der Waals surface area contributed by atoms with Crippen LogP contribution in [0.25, 0.3) is 0 Å². The summed E-state index contributed by atoms with van der Waals surface area (Å²) in [6, 6.07) is 0. The fourth-order valence-corrected chi connectivity index (χ4v) is 3.84. The summed E-state index contributed by atoms with van der Waals surface area (Å²) in [4.78, 5) is 0. The fraction of sp³-hybridized carbons (Fsp3) is 0.500. The SMILES string of the molecule is Cn1nc(SSc2nn(C)c(=S)n2C)n(C)c1=S. The molecule has 0 aliphatic rings. The molecule has 0 aliphatic heterocycles. The smallest absolute Gasteiger partial charge is 0.200 e. The summed E-state index contributed by atoms with van der Waals surface area (Å²) in [7, 11) is 10.5. The zero-order valence-corrected chi connectivity index (χ0v) is 13.6. The molecule has 0 saturated carbocycles. The molecule has 0 amide bonds. The maximum absolute atomic E-state index is 5.20. The van der Waals surface area contributed by atoms with E-state index in [1.165, 1.54) is 21.6 Å². The van der Waals surface area contributed by atoms with Gasteiger partial charge in [-0.05, 0) is 46.0 Å². The number of aromatic nitrogens is 6. The molecule has 0 unspecified atom stereocenters. The Kier molecular flexibility index (Phi) is 3.99. The van der Waals surface area contributed by atoms with Crippen molar-refractivity contribution in [3.63, 3.8) is 0 Å². The third-order valence-corrected chi connectivity index (χ3v) is 5.68. The predicted molar refractivity (Wildman–Crippen MR) is 77.7 cm³/mol. The quantitative estimate of drug-likeness (QED) is 0.637. The predicted octanol–water partition coefficient (Wildman–Crippen LogP) is 2.09. The van der Waals surface area contributed by atoms with Gasteiger partial charge in [0.25, 0.3) is 0 Å². The number of hydrogen-bond acceptors (Lipinski definition) is 6. The molecule has 10 heteroatoms. The van der Waals surface area contributed by atoms with E-state index in [1.807, 2.05) is 37.3 Å². The Bertz CT molecular complexity index is 629. The lowest BCUT2D eigenvalue weighted by Gasteiger charge is -1.98. The molecule has 0 atom stereocenters. The Morgan fingerprint density at radius 2 is 1.11 bits per heavy atom. The Morgan fingerprint density at radius 3 is 1.33 bits per heavy atom. The van der Waals surface area contributed by atoms with E-state index in [-0.39, 0.29) is 0 Å². The monoisotopic (exact) mass is 320 g/mol. The highest BCUT2D eigenvalue weighted by Crippen LogP contribution is 2.34. The van der Waals surface area contributed by atoms with Gasteiger partial charge in [0.05, 0.1) is 0 Å². The summed E-state index contributed by atoms with van der Waals surface area (Å²) < 4.78 is 8.46. The highest BCUT2D eigenvalue weighted by Gasteiger charge is 2.11.